The van der Waals surface area contributed by atoms with Crippen molar-refractivity contribution in [3.63, 3.8) is 0 Å². The predicted octanol–water partition coefficient (Wildman–Crippen LogP) is 3.38. The molecule has 2 heterocycles. The van der Waals surface area contributed by atoms with Gasteiger partial charge in [-0.15, -0.1) is 0 Å². The zero-order valence-electron chi connectivity index (χ0n) is 17.7. The van der Waals surface area contributed by atoms with Gasteiger partial charge in [0.15, 0.2) is 0 Å². The van der Waals surface area contributed by atoms with Crippen molar-refractivity contribution in [3.8, 4) is 11.1 Å². The molecular weight excluding hydrogens is 376 g/mol. The molecule has 5 heteroatoms. The number of methoxy groups -OCH3 is 1. The fourth-order valence-corrected chi connectivity index (χ4v) is 4.79. The van der Waals surface area contributed by atoms with Gasteiger partial charge < -0.3 is 14.5 Å². The Morgan fingerprint density at radius 3 is 2.23 bits per heavy atom. The second-order valence-corrected chi connectivity index (χ2v) is 8.52. The van der Waals surface area contributed by atoms with Crippen molar-refractivity contribution in [1.29, 1.82) is 0 Å². The standard InChI is InChI=1S/C25H30N2O3/c1-30-18-23(28)27-16-13-25(19-27,24(29)26-14-5-6-15-26)17-20-9-11-22(12-10-20)21-7-3-2-4-8-21/h2-4,7-12H,5-6,13-19H2,1H3/t25-/m1/s1. The van der Waals surface area contributed by atoms with Gasteiger partial charge in [-0.05, 0) is 42.4 Å². The van der Waals surface area contributed by atoms with Gasteiger partial charge in [0.25, 0.3) is 0 Å². The van der Waals surface area contributed by atoms with E-state index in [1.807, 2.05) is 23.1 Å². The van der Waals surface area contributed by atoms with Crippen LogP contribution >= 0.6 is 0 Å². The fraction of sp³-hybridized carbons (Fsp3) is 0.440. The highest BCUT2D eigenvalue weighted by Gasteiger charge is 2.48. The van der Waals surface area contributed by atoms with Crippen molar-refractivity contribution in [1.82, 2.24) is 9.80 Å². The molecule has 1 atom stereocenters. The monoisotopic (exact) mass is 406 g/mol. The SMILES string of the molecule is COCC(=O)N1CC[C@](Cc2ccc(-c3ccccc3)cc2)(C(=O)N2CCCC2)C1. The van der Waals surface area contributed by atoms with Crippen LogP contribution in [0.25, 0.3) is 11.1 Å². The minimum absolute atomic E-state index is 0.0342. The van der Waals surface area contributed by atoms with E-state index in [1.54, 1.807) is 4.90 Å². The van der Waals surface area contributed by atoms with Crippen LogP contribution in [0.5, 0.6) is 0 Å². The van der Waals surface area contributed by atoms with Crippen LogP contribution in [0.2, 0.25) is 0 Å². The van der Waals surface area contributed by atoms with Crippen LogP contribution in [0.3, 0.4) is 0 Å². The van der Waals surface area contributed by atoms with Gasteiger partial charge in [0, 0.05) is 33.3 Å². The smallest absolute Gasteiger partial charge is 0.248 e. The van der Waals surface area contributed by atoms with Gasteiger partial charge in [-0.25, -0.2) is 0 Å². The largest absolute Gasteiger partial charge is 0.375 e. The van der Waals surface area contributed by atoms with E-state index in [1.165, 1.54) is 18.2 Å². The average Bonchev–Trinajstić information content (AvgIpc) is 3.46. The maximum absolute atomic E-state index is 13.5. The Bertz CT molecular complexity index is 875. The van der Waals surface area contributed by atoms with Crippen molar-refractivity contribution >= 4 is 11.8 Å². The summed E-state index contributed by atoms with van der Waals surface area (Å²) in [7, 11) is 1.53. The molecule has 2 fully saturated rings. The molecule has 2 aromatic rings. The minimum Gasteiger partial charge on any atom is -0.375 e. The molecule has 2 aromatic carbocycles. The van der Waals surface area contributed by atoms with E-state index >= 15 is 0 Å². The molecule has 0 N–H and O–H groups in total. The molecule has 4 rings (SSSR count). The molecule has 158 valence electrons. The lowest BCUT2D eigenvalue weighted by Gasteiger charge is -2.32. The van der Waals surface area contributed by atoms with Crippen molar-refractivity contribution in [2.45, 2.75) is 25.7 Å². The molecule has 2 aliphatic rings. The lowest BCUT2D eigenvalue weighted by molar-refractivity contribution is -0.141. The number of likely N-dealkylation sites (tertiary alicyclic amines) is 2. The predicted molar refractivity (Wildman–Crippen MR) is 117 cm³/mol. The van der Waals surface area contributed by atoms with Gasteiger partial charge in [0.2, 0.25) is 11.8 Å². The number of carbonyl (C=O) groups excluding carboxylic acids is 2. The maximum atomic E-state index is 13.5. The molecule has 0 bridgehead atoms. The highest BCUT2D eigenvalue weighted by atomic mass is 16.5. The van der Waals surface area contributed by atoms with Gasteiger partial charge in [0.1, 0.15) is 6.61 Å². The number of rotatable bonds is 6. The second-order valence-electron chi connectivity index (χ2n) is 8.52. The summed E-state index contributed by atoms with van der Waals surface area (Å²) >= 11 is 0. The third-order valence-electron chi connectivity index (χ3n) is 6.42. The quantitative estimate of drug-likeness (QED) is 0.739. The van der Waals surface area contributed by atoms with Crippen LogP contribution in [0.1, 0.15) is 24.8 Å². The number of amides is 2. The summed E-state index contributed by atoms with van der Waals surface area (Å²) in [6.07, 6.45) is 3.51. The van der Waals surface area contributed by atoms with Crippen LogP contribution in [-0.4, -0.2) is 61.5 Å². The highest BCUT2D eigenvalue weighted by molar-refractivity contribution is 5.86. The molecule has 30 heavy (non-hydrogen) atoms. The van der Waals surface area contributed by atoms with E-state index in [-0.39, 0.29) is 18.4 Å². The van der Waals surface area contributed by atoms with Crippen LogP contribution in [-0.2, 0) is 20.7 Å². The maximum Gasteiger partial charge on any atom is 0.248 e. The molecule has 0 radical (unpaired) electrons. The third kappa shape index (κ3) is 4.26. The first-order chi connectivity index (χ1) is 14.6. The van der Waals surface area contributed by atoms with Gasteiger partial charge in [-0.2, -0.15) is 0 Å². The van der Waals surface area contributed by atoms with Crippen LogP contribution < -0.4 is 0 Å². The van der Waals surface area contributed by atoms with E-state index in [9.17, 15) is 9.59 Å². The molecular formula is C25H30N2O3. The Morgan fingerprint density at radius 1 is 0.900 bits per heavy atom. The fourth-order valence-electron chi connectivity index (χ4n) is 4.79. The van der Waals surface area contributed by atoms with E-state index in [2.05, 4.69) is 36.4 Å². The Morgan fingerprint density at radius 2 is 1.57 bits per heavy atom. The first-order valence-corrected chi connectivity index (χ1v) is 10.8. The van der Waals surface area contributed by atoms with Gasteiger partial charge in [-0.1, -0.05) is 54.6 Å². The Hall–Kier alpha value is -2.66. The van der Waals surface area contributed by atoms with Crippen molar-refractivity contribution in [3.05, 3.63) is 60.2 Å². The minimum atomic E-state index is -0.540. The molecule has 5 nitrogen and oxygen atoms in total. The normalized spacial score (nSPS) is 21.2. The van der Waals surface area contributed by atoms with Crippen molar-refractivity contribution in [2.75, 3.05) is 39.9 Å². The highest BCUT2D eigenvalue weighted by Crippen LogP contribution is 2.37. The second kappa shape index (κ2) is 9.00. The van der Waals surface area contributed by atoms with Gasteiger partial charge in [0.05, 0.1) is 5.41 Å². The summed E-state index contributed by atoms with van der Waals surface area (Å²) in [6, 6.07) is 18.8. The van der Waals surface area contributed by atoms with Gasteiger partial charge in [-0.3, -0.25) is 9.59 Å². The topological polar surface area (TPSA) is 49.9 Å². The van der Waals surface area contributed by atoms with Crippen LogP contribution in [0, 0.1) is 5.41 Å². The summed E-state index contributed by atoms with van der Waals surface area (Å²) < 4.78 is 5.03. The van der Waals surface area contributed by atoms with E-state index in [0.717, 1.165) is 31.5 Å². The van der Waals surface area contributed by atoms with Crippen molar-refractivity contribution < 1.29 is 14.3 Å². The van der Waals surface area contributed by atoms with Crippen molar-refractivity contribution in [2.24, 2.45) is 5.41 Å². The number of benzene rings is 2. The number of nitrogens with zero attached hydrogens (tertiary/aromatic N) is 2. The number of carbonyl (C=O) groups is 2. The Kier molecular flexibility index (Phi) is 6.18. The summed E-state index contributed by atoms with van der Waals surface area (Å²) in [5.41, 5.74) is 2.96. The molecule has 2 amide bonds. The number of hydrogen-bond donors (Lipinski definition) is 0. The van der Waals surface area contributed by atoms with Crippen LogP contribution in [0.15, 0.2) is 54.6 Å². The molecule has 0 saturated carbocycles. The lowest BCUT2D eigenvalue weighted by atomic mass is 9.79. The summed E-state index contributed by atoms with van der Waals surface area (Å²) in [5.74, 6) is 0.174. The average molecular weight is 407 g/mol. The van der Waals surface area contributed by atoms with Crippen LogP contribution in [0.4, 0.5) is 0 Å². The Balaban J connectivity index is 1.56. The van der Waals surface area contributed by atoms with Gasteiger partial charge >= 0.3 is 0 Å². The molecule has 0 aliphatic carbocycles. The van der Waals surface area contributed by atoms with E-state index in [4.69, 9.17) is 4.74 Å². The lowest BCUT2D eigenvalue weighted by Crippen LogP contribution is -2.46. The molecule has 0 unspecified atom stereocenters. The zero-order chi connectivity index (χ0) is 21.0. The number of hydrogen-bond acceptors (Lipinski definition) is 3. The van der Waals surface area contributed by atoms with E-state index in [0.29, 0.717) is 25.9 Å². The molecule has 0 aromatic heterocycles. The first kappa shape index (κ1) is 20.6. The summed E-state index contributed by atoms with van der Waals surface area (Å²) in [5, 5.41) is 0. The summed E-state index contributed by atoms with van der Waals surface area (Å²) in [6.45, 7) is 2.83. The molecule has 0 spiro atoms. The molecule has 2 aliphatic heterocycles. The Labute approximate surface area is 178 Å². The number of ether oxygens (including phenoxy) is 1. The first-order valence-electron chi connectivity index (χ1n) is 10.8. The van der Waals surface area contributed by atoms with E-state index < -0.39 is 5.41 Å². The summed E-state index contributed by atoms with van der Waals surface area (Å²) in [4.78, 5) is 29.8. The zero-order valence-corrected chi connectivity index (χ0v) is 17.7. The molecule has 2 saturated heterocycles. The third-order valence-corrected chi connectivity index (χ3v) is 6.42.